The van der Waals surface area contributed by atoms with E-state index in [-0.39, 0.29) is 0 Å². The molecule has 14 heavy (non-hydrogen) atoms. The maximum absolute atomic E-state index is 3.98. The van der Waals surface area contributed by atoms with E-state index in [1.54, 1.807) is 0 Å². The molecule has 76 valence electrons. The van der Waals surface area contributed by atoms with Crippen LogP contribution in [0.5, 0.6) is 0 Å². The quantitative estimate of drug-likeness (QED) is 0.573. The summed E-state index contributed by atoms with van der Waals surface area (Å²) in [5, 5.41) is 0. The van der Waals surface area contributed by atoms with Crippen molar-refractivity contribution in [2.75, 3.05) is 0 Å². The zero-order chi connectivity index (χ0) is 10.6. The highest BCUT2D eigenvalue weighted by Gasteiger charge is 2.17. The minimum absolute atomic E-state index is 0.768. The zero-order valence-corrected chi connectivity index (χ0v) is 9.18. The van der Waals surface area contributed by atoms with Crippen LogP contribution in [0, 0.1) is 5.92 Å². The number of rotatable bonds is 4. The van der Waals surface area contributed by atoms with Gasteiger partial charge in [-0.2, -0.15) is 0 Å². The van der Waals surface area contributed by atoms with Crippen LogP contribution < -0.4 is 0 Å². The average Bonchev–Trinajstić information content (AvgIpc) is 2.16. The van der Waals surface area contributed by atoms with Crippen molar-refractivity contribution in [3.05, 3.63) is 48.6 Å². The predicted molar refractivity (Wildman–Crippen MR) is 64.2 cm³/mol. The Morgan fingerprint density at radius 3 is 2.50 bits per heavy atom. The molecule has 0 aliphatic heterocycles. The van der Waals surface area contributed by atoms with Crippen molar-refractivity contribution in [3.63, 3.8) is 0 Å². The van der Waals surface area contributed by atoms with Crippen LogP contribution >= 0.6 is 0 Å². The van der Waals surface area contributed by atoms with Gasteiger partial charge in [-0.15, -0.1) is 6.58 Å². The molecule has 0 heterocycles. The van der Waals surface area contributed by atoms with E-state index < -0.39 is 0 Å². The number of hydrogen-bond donors (Lipinski definition) is 0. The van der Waals surface area contributed by atoms with E-state index in [0.717, 1.165) is 25.2 Å². The van der Waals surface area contributed by atoms with E-state index >= 15 is 0 Å². The van der Waals surface area contributed by atoms with Gasteiger partial charge in [0.15, 0.2) is 0 Å². The second kappa shape index (κ2) is 4.99. The van der Waals surface area contributed by atoms with Crippen molar-refractivity contribution in [2.24, 2.45) is 5.92 Å². The second-order valence-electron chi connectivity index (χ2n) is 4.23. The molecule has 1 rings (SSSR count). The summed E-state index contributed by atoms with van der Waals surface area (Å²) in [4.78, 5) is 0. The Morgan fingerprint density at radius 1 is 1.36 bits per heavy atom. The standard InChI is InChI=1S/C14H20/c1-5-13-8-7-12(9-11(3)4)10-14(13)6-2/h5-6,12H,1-3,7-10H2,4H3. The topological polar surface area (TPSA) is 0 Å². The lowest BCUT2D eigenvalue weighted by Crippen LogP contribution is -2.09. The first kappa shape index (κ1) is 11.0. The third kappa shape index (κ3) is 2.73. The van der Waals surface area contributed by atoms with Gasteiger partial charge < -0.3 is 0 Å². The monoisotopic (exact) mass is 188 g/mol. The molecule has 1 aliphatic carbocycles. The second-order valence-corrected chi connectivity index (χ2v) is 4.23. The summed E-state index contributed by atoms with van der Waals surface area (Å²) < 4.78 is 0. The fourth-order valence-electron chi connectivity index (χ4n) is 2.18. The Balaban J connectivity index is 2.68. The third-order valence-electron chi connectivity index (χ3n) is 2.87. The Morgan fingerprint density at radius 2 is 2.00 bits per heavy atom. The van der Waals surface area contributed by atoms with Crippen LogP contribution in [-0.4, -0.2) is 0 Å². The summed E-state index contributed by atoms with van der Waals surface area (Å²) in [7, 11) is 0. The van der Waals surface area contributed by atoms with Gasteiger partial charge in [0.05, 0.1) is 0 Å². The summed E-state index contributed by atoms with van der Waals surface area (Å²) >= 11 is 0. The van der Waals surface area contributed by atoms with E-state index in [4.69, 9.17) is 0 Å². The van der Waals surface area contributed by atoms with Gasteiger partial charge in [0.1, 0.15) is 0 Å². The van der Waals surface area contributed by atoms with Crippen molar-refractivity contribution in [3.8, 4) is 0 Å². The highest BCUT2D eigenvalue weighted by atomic mass is 14.2. The minimum Gasteiger partial charge on any atom is -0.100 e. The van der Waals surface area contributed by atoms with Crippen molar-refractivity contribution < 1.29 is 0 Å². The van der Waals surface area contributed by atoms with Crippen LogP contribution in [0.1, 0.15) is 32.6 Å². The van der Waals surface area contributed by atoms with Gasteiger partial charge in [-0.3, -0.25) is 0 Å². The molecular weight excluding hydrogens is 168 g/mol. The Kier molecular flexibility index (Phi) is 3.94. The van der Waals surface area contributed by atoms with E-state index in [1.807, 2.05) is 12.2 Å². The maximum Gasteiger partial charge on any atom is -0.0245 e. The highest BCUT2D eigenvalue weighted by Crippen LogP contribution is 2.33. The molecule has 0 nitrogen and oxygen atoms in total. The number of allylic oxidation sites excluding steroid dienone is 5. The van der Waals surface area contributed by atoms with Crippen molar-refractivity contribution in [1.82, 2.24) is 0 Å². The third-order valence-corrected chi connectivity index (χ3v) is 2.87. The lowest BCUT2D eigenvalue weighted by Gasteiger charge is -2.24. The molecule has 0 saturated heterocycles. The molecule has 0 heteroatoms. The molecule has 0 bridgehead atoms. The van der Waals surface area contributed by atoms with Gasteiger partial charge in [-0.1, -0.05) is 30.9 Å². The van der Waals surface area contributed by atoms with Gasteiger partial charge in [-0.25, -0.2) is 0 Å². The summed E-state index contributed by atoms with van der Waals surface area (Å²) in [6, 6.07) is 0. The van der Waals surface area contributed by atoms with Crippen LogP contribution in [0.2, 0.25) is 0 Å². The van der Waals surface area contributed by atoms with Crippen LogP contribution in [0.3, 0.4) is 0 Å². The first-order valence-corrected chi connectivity index (χ1v) is 5.28. The van der Waals surface area contributed by atoms with E-state index in [9.17, 15) is 0 Å². The van der Waals surface area contributed by atoms with Crippen LogP contribution in [-0.2, 0) is 0 Å². The molecule has 0 aromatic heterocycles. The lowest BCUT2D eigenvalue weighted by molar-refractivity contribution is 0.460. The summed E-state index contributed by atoms with van der Waals surface area (Å²) in [6.07, 6.45) is 8.70. The largest absolute Gasteiger partial charge is 0.100 e. The first-order valence-electron chi connectivity index (χ1n) is 5.28. The fraction of sp³-hybridized carbons (Fsp3) is 0.429. The smallest absolute Gasteiger partial charge is 0.0245 e. The molecule has 0 amide bonds. The summed E-state index contributed by atoms with van der Waals surface area (Å²) in [5.41, 5.74) is 4.07. The van der Waals surface area contributed by atoms with E-state index in [1.165, 1.54) is 23.1 Å². The van der Waals surface area contributed by atoms with E-state index in [0.29, 0.717) is 0 Å². The minimum atomic E-state index is 0.768. The maximum atomic E-state index is 3.98. The molecule has 0 spiro atoms. The van der Waals surface area contributed by atoms with Gasteiger partial charge in [0, 0.05) is 0 Å². The van der Waals surface area contributed by atoms with Crippen LogP contribution in [0.15, 0.2) is 48.6 Å². The van der Waals surface area contributed by atoms with Crippen LogP contribution in [0.25, 0.3) is 0 Å². The molecule has 0 N–H and O–H groups in total. The molecule has 0 fully saturated rings. The SMILES string of the molecule is C=CC1=C(C=C)CC(CC(=C)C)CC1. The average molecular weight is 188 g/mol. The van der Waals surface area contributed by atoms with E-state index in [2.05, 4.69) is 26.7 Å². The molecule has 0 radical (unpaired) electrons. The van der Waals surface area contributed by atoms with Gasteiger partial charge in [0.25, 0.3) is 0 Å². The highest BCUT2D eigenvalue weighted by molar-refractivity contribution is 5.33. The molecule has 0 saturated carbocycles. The summed E-state index contributed by atoms with van der Waals surface area (Å²) in [6.45, 7) is 13.8. The predicted octanol–water partition coefficient (Wildman–Crippen LogP) is 4.42. The van der Waals surface area contributed by atoms with Gasteiger partial charge in [0.2, 0.25) is 0 Å². The molecule has 1 aliphatic rings. The normalized spacial score (nSPS) is 21.9. The molecule has 0 aromatic rings. The van der Waals surface area contributed by atoms with Gasteiger partial charge >= 0.3 is 0 Å². The van der Waals surface area contributed by atoms with Gasteiger partial charge in [-0.05, 0) is 49.7 Å². The lowest BCUT2D eigenvalue weighted by atomic mass is 9.81. The Hall–Kier alpha value is -1.04. The van der Waals surface area contributed by atoms with Crippen LogP contribution in [0.4, 0.5) is 0 Å². The number of hydrogen-bond acceptors (Lipinski definition) is 0. The van der Waals surface area contributed by atoms with Crippen molar-refractivity contribution in [1.29, 1.82) is 0 Å². The Bertz CT molecular complexity index is 278. The van der Waals surface area contributed by atoms with Crippen molar-refractivity contribution >= 4 is 0 Å². The molecule has 0 aromatic carbocycles. The summed E-state index contributed by atoms with van der Waals surface area (Å²) in [5.74, 6) is 0.768. The van der Waals surface area contributed by atoms with Crippen molar-refractivity contribution in [2.45, 2.75) is 32.6 Å². The molecule has 1 unspecified atom stereocenters. The first-order chi connectivity index (χ1) is 6.67. The molecule has 1 atom stereocenters. The zero-order valence-electron chi connectivity index (χ0n) is 9.18. The molecular formula is C14H20. The fourth-order valence-corrected chi connectivity index (χ4v) is 2.18. The Labute approximate surface area is 87.7 Å².